The molecule has 0 aromatic carbocycles. The van der Waals surface area contributed by atoms with Crippen LogP contribution in [0.4, 0.5) is 0 Å². The van der Waals surface area contributed by atoms with Gasteiger partial charge in [-0.3, -0.25) is 9.59 Å². The van der Waals surface area contributed by atoms with Crippen LogP contribution in [0.15, 0.2) is 12.2 Å². The molecule has 0 fully saturated rings. The van der Waals surface area contributed by atoms with Crippen molar-refractivity contribution in [1.29, 1.82) is 0 Å². The molecule has 0 aliphatic rings. The highest BCUT2D eigenvalue weighted by molar-refractivity contribution is 7.59. The SMILES string of the molecule is CC(=O)C(NC(=O)/C=C/C(=O)OC(C)C)C(C)C.S. The third-order valence-electron chi connectivity index (χ3n) is 2.13. The Balaban J connectivity index is 0. The second kappa shape index (κ2) is 9.61. The summed E-state index contributed by atoms with van der Waals surface area (Å²) in [4.78, 5) is 33.9. The van der Waals surface area contributed by atoms with E-state index in [-0.39, 0.29) is 31.3 Å². The summed E-state index contributed by atoms with van der Waals surface area (Å²) in [6, 6.07) is -0.539. The summed E-state index contributed by atoms with van der Waals surface area (Å²) >= 11 is 0. The minimum atomic E-state index is -0.580. The first kappa shape index (κ1) is 20.0. The van der Waals surface area contributed by atoms with Gasteiger partial charge in [-0.15, -0.1) is 0 Å². The minimum absolute atomic E-state index is 0. The van der Waals surface area contributed by atoms with Crippen molar-refractivity contribution in [3.8, 4) is 0 Å². The van der Waals surface area contributed by atoms with E-state index in [1.165, 1.54) is 6.92 Å². The Morgan fingerprint density at radius 2 is 1.58 bits per heavy atom. The van der Waals surface area contributed by atoms with Crippen molar-refractivity contribution in [3.63, 3.8) is 0 Å². The van der Waals surface area contributed by atoms with E-state index < -0.39 is 17.9 Å². The number of ketones is 1. The van der Waals surface area contributed by atoms with Gasteiger partial charge in [-0.05, 0) is 26.7 Å². The average molecular weight is 289 g/mol. The number of amides is 1. The van der Waals surface area contributed by atoms with Crippen molar-refractivity contribution >= 4 is 31.2 Å². The molecule has 0 heterocycles. The molecule has 0 saturated carbocycles. The Bertz CT molecular complexity index is 351. The summed E-state index contributed by atoms with van der Waals surface area (Å²) in [6.07, 6.45) is 1.89. The molecule has 1 N–H and O–H groups in total. The van der Waals surface area contributed by atoms with Crippen LogP contribution in [0.1, 0.15) is 34.6 Å². The number of esters is 1. The summed E-state index contributed by atoms with van der Waals surface area (Å²) in [5, 5.41) is 2.54. The van der Waals surface area contributed by atoms with Crippen molar-refractivity contribution < 1.29 is 19.1 Å². The van der Waals surface area contributed by atoms with Gasteiger partial charge < -0.3 is 10.1 Å². The molecule has 19 heavy (non-hydrogen) atoms. The monoisotopic (exact) mass is 289 g/mol. The van der Waals surface area contributed by atoms with Crippen LogP contribution in [0, 0.1) is 5.92 Å². The maximum atomic E-state index is 11.5. The smallest absolute Gasteiger partial charge is 0.331 e. The topological polar surface area (TPSA) is 72.5 Å². The average Bonchev–Trinajstić information content (AvgIpc) is 2.21. The molecule has 0 rings (SSSR count). The van der Waals surface area contributed by atoms with Gasteiger partial charge in [0, 0.05) is 12.2 Å². The molecule has 0 aliphatic carbocycles. The number of Topliss-reactive ketones (excluding diaryl/α,β-unsaturated/α-hetero) is 1. The van der Waals surface area contributed by atoms with Gasteiger partial charge in [-0.2, -0.15) is 13.5 Å². The summed E-state index contributed by atoms with van der Waals surface area (Å²) < 4.78 is 4.83. The predicted octanol–water partition coefficient (Wildman–Crippen LogP) is 1.34. The summed E-state index contributed by atoms with van der Waals surface area (Å²) in [6.45, 7) is 8.53. The van der Waals surface area contributed by atoms with Crippen LogP contribution in [0.25, 0.3) is 0 Å². The molecule has 0 radical (unpaired) electrons. The van der Waals surface area contributed by atoms with Gasteiger partial charge in [0.1, 0.15) is 0 Å². The van der Waals surface area contributed by atoms with Crippen LogP contribution in [-0.2, 0) is 19.1 Å². The Hall–Kier alpha value is -1.30. The molecule has 0 saturated heterocycles. The van der Waals surface area contributed by atoms with E-state index in [9.17, 15) is 14.4 Å². The zero-order valence-corrected chi connectivity index (χ0v) is 13.0. The predicted molar refractivity (Wildman–Crippen MR) is 78.2 cm³/mol. The first-order valence-electron chi connectivity index (χ1n) is 5.93. The zero-order chi connectivity index (χ0) is 14.3. The fourth-order valence-corrected chi connectivity index (χ4v) is 1.35. The van der Waals surface area contributed by atoms with E-state index in [1.54, 1.807) is 13.8 Å². The van der Waals surface area contributed by atoms with Crippen LogP contribution in [-0.4, -0.2) is 29.8 Å². The molecular formula is C13H23NO4S. The maximum Gasteiger partial charge on any atom is 0.331 e. The Morgan fingerprint density at radius 3 is 1.95 bits per heavy atom. The maximum absolute atomic E-state index is 11.5. The van der Waals surface area contributed by atoms with Crippen LogP contribution in [0.2, 0.25) is 0 Å². The van der Waals surface area contributed by atoms with E-state index in [4.69, 9.17) is 4.74 Å². The standard InChI is InChI=1S/C13H21NO4.H2S/c1-8(2)13(10(5)15)14-11(16)6-7-12(17)18-9(3)4;/h6-9,13H,1-5H3,(H,14,16);1H2/b7-6+;. The van der Waals surface area contributed by atoms with Crippen LogP contribution >= 0.6 is 13.5 Å². The lowest BCUT2D eigenvalue weighted by Gasteiger charge is -2.18. The normalized spacial score (nSPS) is 12.2. The number of ether oxygens (including phenoxy) is 1. The third-order valence-corrected chi connectivity index (χ3v) is 2.13. The molecule has 1 amide bonds. The fraction of sp³-hybridized carbons (Fsp3) is 0.615. The highest BCUT2D eigenvalue weighted by atomic mass is 32.1. The van der Waals surface area contributed by atoms with Crippen molar-refractivity contribution in [2.75, 3.05) is 0 Å². The van der Waals surface area contributed by atoms with Crippen LogP contribution in [0.3, 0.4) is 0 Å². The van der Waals surface area contributed by atoms with Crippen molar-refractivity contribution in [2.24, 2.45) is 5.92 Å². The summed E-state index contributed by atoms with van der Waals surface area (Å²) in [7, 11) is 0. The first-order valence-corrected chi connectivity index (χ1v) is 5.93. The van der Waals surface area contributed by atoms with Gasteiger partial charge in [-0.1, -0.05) is 13.8 Å². The second-order valence-corrected chi connectivity index (χ2v) is 4.66. The minimum Gasteiger partial charge on any atom is -0.460 e. The van der Waals surface area contributed by atoms with Gasteiger partial charge in [-0.25, -0.2) is 4.79 Å². The van der Waals surface area contributed by atoms with Gasteiger partial charge in [0.2, 0.25) is 5.91 Å². The van der Waals surface area contributed by atoms with Gasteiger partial charge in [0.15, 0.2) is 5.78 Å². The summed E-state index contributed by atoms with van der Waals surface area (Å²) in [5.41, 5.74) is 0. The number of nitrogens with one attached hydrogen (secondary N) is 1. The number of carbonyl (C=O) groups excluding carboxylic acids is 3. The summed E-state index contributed by atoms with van der Waals surface area (Å²) in [5.74, 6) is -1.17. The van der Waals surface area contributed by atoms with Gasteiger partial charge in [0.05, 0.1) is 12.1 Å². The molecule has 1 atom stereocenters. The number of hydrogen-bond donors (Lipinski definition) is 1. The Kier molecular flexibility index (Phi) is 10.1. The fourth-order valence-electron chi connectivity index (χ4n) is 1.35. The molecule has 0 spiro atoms. The molecule has 0 aliphatic heterocycles. The lowest BCUT2D eigenvalue weighted by atomic mass is 10.0. The molecule has 0 bridgehead atoms. The Labute approximate surface area is 121 Å². The first-order chi connectivity index (χ1) is 8.23. The number of rotatable bonds is 6. The van der Waals surface area contributed by atoms with E-state index in [0.717, 1.165) is 12.2 Å². The van der Waals surface area contributed by atoms with Crippen LogP contribution in [0.5, 0.6) is 0 Å². The molecule has 0 aromatic heterocycles. The number of carbonyl (C=O) groups is 3. The Morgan fingerprint density at radius 1 is 1.05 bits per heavy atom. The van der Waals surface area contributed by atoms with Crippen LogP contribution < -0.4 is 5.32 Å². The highest BCUT2D eigenvalue weighted by Crippen LogP contribution is 2.02. The van der Waals surface area contributed by atoms with Gasteiger partial charge >= 0.3 is 5.97 Å². The lowest BCUT2D eigenvalue weighted by molar-refractivity contribution is -0.141. The molecule has 110 valence electrons. The van der Waals surface area contributed by atoms with Crippen molar-refractivity contribution in [1.82, 2.24) is 5.32 Å². The van der Waals surface area contributed by atoms with Crippen molar-refractivity contribution in [2.45, 2.75) is 46.8 Å². The molecule has 0 aromatic rings. The quantitative estimate of drug-likeness (QED) is 0.591. The molecule has 1 unspecified atom stereocenters. The molecular weight excluding hydrogens is 266 g/mol. The largest absolute Gasteiger partial charge is 0.460 e. The van der Waals surface area contributed by atoms with E-state index in [0.29, 0.717) is 0 Å². The molecule has 5 nitrogen and oxygen atoms in total. The highest BCUT2D eigenvalue weighted by Gasteiger charge is 2.19. The zero-order valence-electron chi connectivity index (χ0n) is 12.0. The van der Waals surface area contributed by atoms with E-state index in [1.807, 2.05) is 13.8 Å². The lowest BCUT2D eigenvalue weighted by Crippen LogP contribution is -2.42. The van der Waals surface area contributed by atoms with Gasteiger partial charge in [0.25, 0.3) is 0 Å². The van der Waals surface area contributed by atoms with E-state index in [2.05, 4.69) is 5.32 Å². The second-order valence-electron chi connectivity index (χ2n) is 4.66. The number of hydrogen-bond acceptors (Lipinski definition) is 4. The van der Waals surface area contributed by atoms with E-state index >= 15 is 0 Å². The third kappa shape index (κ3) is 9.30. The molecule has 6 heteroatoms. The van der Waals surface area contributed by atoms with Crippen molar-refractivity contribution in [3.05, 3.63) is 12.2 Å².